The minimum absolute atomic E-state index is 0.0289. The highest BCUT2D eigenvalue weighted by molar-refractivity contribution is 7.09. The molecule has 5 nitrogen and oxygen atoms in total. The van der Waals surface area contributed by atoms with Crippen LogP contribution in [-0.2, 0) is 23.1 Å². The van der Waals surface area contributed by atoms with Gasteiger partial charge < -0.3 is 10.6 Å². The number of thiazole rings is 1. The number of hydrogen-bond donors (Lipinski definition) is 2. The molecule has 3 aromatic rings. The summed E-state index contributed by atoms with van der Waals surface area (Å²) in [6.45, 7) is 8.44. The molecule has 0 fully saturated rings. The maximum atomic E-state index is 12.7. The summed E-state index contributed by atoms with van der Waals surface area (Å²) in [5.74, 6) is -0.386. The van der Waals surface area contributed by atoms with Crippen LogP contribution >= 0.6 is 11.3 Å². The fraction of sp³-hybridized carbons (Fsp3) is 0.292. The van der Waals surface area contributed by atoms with Crippen LogP contribution in [0.25, 0.3) is 0 Å². The average molecular weight is 422 g/mol. The lowest BCUT2D eigenvalue weighted by Gasteiger charge is -2.19. The van der Waals surface area contributed by atoms with E-state index in [1.165, 1.54) is 5.56 Å². The smallest absolute Gasteiger partial charge is 0.255 e. The van der Waals surface area contributed by atoms with E-state index in [0.717, 1.165) is 17.1 Å². The molecule has 2 aromatic carbocycles. The van der Waals surface area contributed by atoms with Gasteiger partial charge >= 0.3 is 0 Å². The molecule has 2 N–H and O–H groups in total. The summed E-state index contributed by atoms with van der Waals surface area (Å²) in [6.07, 6.45) is 1.06. The van der Waals surface area contributed by atoms with Crippen LogP contribution in [0.5, 0.6) is 0 Å². The monoisotopic (exact) mass is 421 g/mol. The number of hydrogen-bond acceptors (Lipinski definition) is 4. The maximum absolute atomic E-state index is 12.7. The van der Waals surface area contributed by atoms with Gasteiger partial charge in [-0.25, -0.2) is 4.98 Å². The van der Waals surface area contributed by atoms with Gasteiger partial charge in [-0.05, 0) is 41.7 Å². The van der Waals surface area contributed by atoms with Gasteiger partial charge in [0.2, 0.25) is 5.91 Å². The lowest BCUT2D eigenvalue weighted by molar-refractivity contribution is -0.115. The average Bonchev–Trinajstić information content (AvgIpc) is 3.16. The Bertz CT molecular complexity index is 1030. The molecule has 3 rings (SSSR count). The van der Waals surface area contributed by atoms with Crippen LogP contribution in [0.15, 0.2) is 53.9 Å². The van der Waals surface area contributed by atoms with Crippen molar-refractivity contribution < 1.29 is 9.59 Å². The molecule has 0 saturated heterocycles. The van der Waals surface area contributed by atoms with E-state index in [2.05, 4.69) is 36.4 Å². The van der Waals surface area contributed by atoms with Crippen LogP contribution in [0.2, 0.25) is 0 Å². The second kappa shape index (κ2) is 9.22. The first-order valence-electron chi connectivity index (χ1n) is 10.0. The van der Waals surface area contributed by atoms with Crippen molar-refractivity contribution in [1.82, 2.24) is 4.98 Å². The van der Waals surface area contributed by atoms with Crippen molar-refractivity contribution in [3.63, 3.8) is 0 Å². The zero-order chi connectivity index (χ0) is 21.7. The summed E-state index contributed by atoms with van der Waals surface area (Å²) < 4.78 is 0. The van der Waals surface area contributed by atoms with Gasteiger partial charge in [-0.2, -0.15) is 0 Å². The van der Waals surface area contributed by atoms with Crippen LogP contribution in [0.3, 0.4) is 0 Å². The summed E-state index contributed by atoms with van der Waals surface area (Å²) in [6, 6.07) is 14.8. The zero-order valence-corrected chi connectivity index (χ0v) is 18.6. The zero-order valence-electron chi connectivity index (χ0n) is 17.8. The van der Waals surface area contributed by atoms with Crippen LogP contribution in [-0.4, -0.2) is 16.8 Å². The quantitative estimate of drug-likeness (QED) is 0.557. The molecule has 6 heteroatoms. The number of amides is 2. The molecule has 156 valence electrons. The molecule has 0 atom stereocenters. The van der Waals surface area contributed by atoms with E-state index in [9.17, 15) is 9.59 Å². The fourth-order valence-corrected chi connectivity index (χ4v) is 3.71. The van der Waals surface area contributed by atoms with E-state index < -0.39 is 0 Å². The lowest BCUT2D eigenvalue weighted by atomic mass is 9.87. The number of anilines is 2. The molecule has 0 aliphatic rings. The summed E-state index contributed by atoms with van der Waals surface area (Å²) in [5, 5.41) is 8.71. The standard InChI is InChI=1S/C24H27N3O2S/c1-5-22-25-18(15-30-22)14-21(28)26-19-8-6-7-9-20(19)27-23(29)16-10-12-17(13-11-16)24(2,3)4/h6-13,15H,5,14H2,1-4H3,(H,26,28)(H,27,29). The maximum Gasteiger partial charge on any atom is 0.255 e. The third kappa shape index (κ3) is 5.54. The van der Waals surface area contributed by atoms with Gasteiger partial charge in [0.05, 0.1) is 28.5 Å². The Morgan fingerprint density at radius 3 is 2.17 bits per heavy atom. The molecule has 1 heterocycles. The van der Waals surface area contributed by atoms with Gasteiger partial charge in [0.15, 0.2) is 0 Å². The number of nitrogens with one attached hydrogen (secondary N) is 2. The number of carbonyl (C=O) groups excluding carboxylic acids is 2. The van der Waals surface area contributed by atoms with E-state index in [-0.39, 0.29) is 23.7 Å². The van der Waals surface area contributed by atoms with Crippen molar-refractivity contribution >= 4 is 34.5 Å². The predicted molar refractivity (Wildman–Crippen MR) is 123 cm³/mol. The number of rotatable bonds is 6. The van der Waals surface area contributed by atoms with Crippen LogP contribution in [0.4, 0.5) is 11.4 Å². The molecule has 0 radical (unpaired) electrons. The van der Waals surface area contributed by atoms with Crippen molar-refractivity contribution in [3.8, 4) is 0 Å². The first-order chi connectivity index (χ1) is 14.3. The number of benzene rings is 2. The summed E-state index contributed by atoms with van der Waals surface area (Å²) in [5.41, 5.74) is 3.64. The molecular weight excluding hydrogens is 394 g/mol. The van der Waals surface area contributed by atoms with Gasteiger partial charge in [0, 0.05) is 10.9 Å². The van der Waals surface area contributed by atoms with Crippen LogP contribution in [0, 0.1) is 0 Å². The second-order valence-corrected chi connectivity index (χ2v) is 9.08. The van der Waals surface area contributed by atoms with E-state index in [1.54, 1.807) is 23.5 Å². The molecule has 0 spiro atoms. The first-order valence-corrected chi connectivity index (χ1v) is 10.9. The molecule has 0 unspecified atom stereocenters. The molecule has 1 aromatic heterocycles. The van der Waals surface area contributed by atoms with Crippen molar-refractivity contribution in [3.05, 3.63) is 75.7 Å². The number of nitrogens with zero attached hydrogens (tertiary/aromatic N) is 1. The Labute approximate surface area is 181 Å². The largest absolute Gasteiger partial charge is 0.324 e. The number of aromatic nitrogens is 1. The lowest BCUT2D eigenvalue weighted by Crippen LogP contribution is -2.18. The molecule has 0 aliphatic carbocycles. The van der Waals surface area contributed by atoms with E-state index in [0.29, 0.717) is 16.9 Å². The van der Waals surface area contributed by atoms with Crippen molar-refractivity contribution in [2.45, 2.75) is 46.0 Å². The normalized spacial score (nSPS) is 11.2. The van der Waals surface area contributed by atoms with Crippen LogP contribution in [0.1, 0.15) is 54.3 Å². The molecule has 30 heavy (non-hydrogen) atoms. The van der Waals surface area contributed by atoms with E-state index in [1.807, 2.05) is 48.7 Å². The Morgan fingerprint density at radius 1 is 0.967 bits per heavy atom. The van der Waals surface area contributed by atoms with Crippen molar-refractivity contribution in [2.24, 2.45) is 0 Å². The number of carbonyl (C=O) groups is 2. The Balaban J connectivity index is 1.68. The fourth-order valence-electron chi connectivity index (χ4n) is 2.97. The highest BCUT2D eigenvalue weighted by Gasteiger charge is 2.15. The summed E-state index contributed by atoms with van der Waals surface area (Å²) in [7, 11) is 0. The van der Waals surface area contributed by atoms with E-state index in [4.69, 9.17) is 0 Å². The van der Waals surface area contributed by atoms with Crippen LogP contribution < -0.4 is 10.6 Å². The van der Waals surface area contributed by atoms with Gasteiger partial charge in [0.25, 0.3) is 5.91 Å². The predicted octanol–water partition coefficient (Wildman–Crippen LogP) is 5.44. The minimum atomic E-state index is -0.218. The molecule has 0 aliphatic heterocycles. The highest BCUT2D eigenvalue weighted by Crippen LogP contribution is 2.24. The van der Waals surface area contributed by atoms with Crippen molar-refractivity contribution in [1.29, 1.82) is 0 Å². The number of para-hydroxylation sites is 2. The Hall–Kier alpha value is -2.99. The Morgan fingerprint density at radius 2 is 1.60 bits per heavy atom. The van der Waals surface area contributed by atoms with Crippen molar-refractivity contribution in [2.75, 3.05) is 10.6 Å². The highest BCUT2D eigenvalue weighted by atomic mass is 32.1. The second-order valence-electron chi connectivity index (χ2n) is 8.14. The first kappa shape index (κ1) is 21.7. The minimum Gasteiger partial charge on any atom is -0.324 e. The molecular formula is C24H27N3O2S. The molecule has 0 bridgehead atoms. The topological polar surface area (TPSA) is 71.1 Å². The SMILES string of the molecule is CCc1nc(CC(=O)Nc2ccccc2NC(=O)c2ccc(C(C)(C)C)cc2)cs1. The summed E-state index contributed by atoms with van der Waals surface area (Å²) in [4.78, 5) is 29.6. The van der Waals surface area contributed by atoms with Gasteiger partial charge in [-0.1, -0.05) is 52.0 Å². The molecule has 2 amide bonds. The van der Waals surface area contributed by atoms with Gasteiger partial charge in [-0.3, -0.25) is 9.59 Å². The molecule has 0 saturated carbocycles. The van der Waals surface area contributed by atoms with E-state index >= 15 is 0 Å². The number of aryl methyl sites for hydroxylation is 1. The Kier molecular flexibility index (Phi) is 6.67. The third-order valence-electron chi connectivity index (χ3n) is 4.71. The van der Waals surface area contributed by atoms with Gasteiger partial charge in [-0.15, -0.1) is 11.3 Å². The third-order valence-corrected chi connectivity index (χ3v) is 5.75. The summed E-state index contributed by atoms with van der Waals surface area (Å²) >= 11 is 1.56. The van der Waals surface area contributed by atoms with Gasteiger partial charge in [0.1, 0.15) is 0 Å².